The number of hydrogen-bond acceptors (Lipinski definition) is 7. The topological polar surface area (TPSA) is 107 Å². The second-order valence-electron chi connectivity index (χ2n) is 7.01. The number of hydrazone groups is 1. The lowest BCUT2D eigenvalue weighted by atomic mass is 10.1. The predicted molar refractivity (Wildman–Crippen MR) is 121 cm³/mol. The molecule has 0 fully saturated rings. The Morgan fingerprint density at radius 2 is 1.66 bits per heavy atom. The molecule has 1 aromatic heterocycles. The Hall–Kier alpha value is -4.01. The fourth-order valence-corrected chi connectivity index (χ4v) is 2.92. The molecule has 32 heavy (non-hydrogen) atoms. The predicted octanol–water partition coefficient (Wildman–Crippen LogP) is 3.65. The van der Waals surface area contributed by atoms with Crippen molar-refractivity contribution in [2.24, 2.45) is 5.10 Å². The number of hydrogen-bond donors (Lipinski definition) is 2. The minimum atomic E-state index is -0.424. The number of carbonyl (C=O) groups is 1. The van der Waals surface area contributed by atoms with E-state index in [9.17, 15) is 4.79 Å². The van der Waals surface area contributed by atoms with Gasteiger partial charge in [-0.2, -0.15) is 10.2 Å². The van der Waals surface area contributed by atoms with Gasteiger partial charge in [0.25, 0.3) is 5.91 Å². The second kappa shape index (κ2) is 10.3. The summed E-state index contributed by atoms with van der Waals surface area (Å²) in [7, 11) is 4.69. The third-order valence-corrected chi connectivity index (χ3v) is 4.43. The zero-order valence-electron chi connectivity index (χ0n) is 18.6. The van der Waals surface area contributed by atoms with E-state index in [-0.39, 0.29) is 11.8 Å². The first-order chi connectivity index (χ1) is 15.4. The SMILES string of the molecule is COc1ccc(C=NNC(=O)c2cc(-c3ccc(OC(C)C)c(OC)c3)n[nH]2)cc1OC. The van der Waals surface area contributed by atoms with E-state index in [0.717, 1.165) is 11.1 Å². The number of aromatic nitrogens is 2. The molecule has 9 heteroatoms. The summed E-state index contributed by atoms with van der Waals surface area (Å²) in [6.07, 6.45) is 1.53. The van der Waals surface area contributed by atoms with Gasteiger partial charge in [0.05, 0.1) is 39.3 Å². The van der Waals surface area contributed by atoms with Gasteiger partial charge in [0.2, 0.25) is 0 Å². The number of nitrogens with one attached hydrogen (secondary N) is 2. The van der Waals surface area contributed by atoms with Crippen molar-refractivity contribution in [2.45, 2.75) is 20.0 Å². The maximum Gasteiger partial charge on any atom is 0.289 e. The van der Waals surface area contributed by atoms with E-state index in [1.165, 1.54) is 6.21 Å². The summed E-state index contributed by atoms with van der Waals surface area (Å²) in [6.45, 7) is 3.89. The van der Waals surface area contributed by atoms with E-state index in [1.807, 2.05) is 32.0 Å². The number of ether oxygens (including phenoxy) is 4. The van der Waals surface area contributed by atoms with Crippen molar-refractivity contribution in [3.05, 3.63) is 53.7 Å². The molecule has 168 valence electrons. The van der Waals surface area contributed by atoms with Gasteiger partial charge in [-0.05, 0) is 61.9 Å². The fraction of sp³-hybridized carbons (Fsp3) is 0.261. The average Bonchev–Trinajstić information content (AvgIpc) is 3.29. The molecule has 0 saturated carbocycles. The van der Waals surface area contributed by atoms with Crippen LogP contribution < -0.4 is 24.4 Å². The van der Waals surface area contributed by atoms with E-state index in [2.05, 4.69) is 20.7 Å². The van der Waals surface area contributed by atoms with Gasteiger partial charge >= 0.3 is 0 Å². The van der Waals surface area contributed by atoms with Crippen LogP contribution in [0.4, 0.5) is 0 Å². The highest BCUT2D eigenvalue weighted by atomic mass is 16.5. The van der Waals surface area contributed by atoms with Gasteiger partial charge in [-0.1, -0.05) is 0 Å². The molecule has 9 nitrogen and oxygen atoms in total. The third kappa shape index (κ3) is 5.37. The highest BCUT2D eigenvalue weighted by Gasteiger charge is 2.13. The van der Waals surface area contributed by atoms with Crippen molar-refractivity contribution in [1.29, 1.82) is 0 Å². The van der Waals surface area contributed by atoms with Crippen LogP contribution in [0.5, 0.6) is 23.0 Å². The van der Waals surface area contributed by atoms with E-state index < -0.39 is 5.91 Å². The molecule has 0 unspecified atom stereocenters. The number of rotatable bonds is 9. The Morgan fingerprint density at radius 3 is 2.34 bits per heavy atom. The molecule has 2 aromatic carbocycles. The number of methoxy groups -OCH3 is 3. The van der Waals surface area contributed by atoms with Gasteiger partial charge in [0.1, 0.15) is 5.69 Å². The van der Waals surface area contributed by atoms with E-state index in [4.69, 9.17) is 18.9 Å². The van der Waals surface area contributed by atoms with Crippen LogP contribution in [-0.2, 0) is 0 Å². The van der Waals surface area contributed by atoms with Crippen molar-refractivity contribution in [1.82, 2.24) is 15.6 Å². The van der Waals surface area contributed by atoms with Gasteiger partial charge in [0, 0.05) is 5.56 Å². The third-order valence-electron chi connectivity index (χ3n) is 4.43. The molecule has 3 rings (SSSR count). The van der Waals surface area contributed by atoms with Gasteiger partial charge < -0.3 is 18.9 Å². The summed E-state index contributed by atoms with van der Waals surface area (Å²) < 4.78 is 21.6. The Bertz CT molecular complexity index is 1110. The molecule has 0 aliphatic rings. The zero-order chi connectivity index (χ0) is 23.1. The van der Waals surface area contributed by atoms with Crippen LogP contribution in [0, 0.1) is 0 Å². The van der Waals surface area contributed by atoms with E-state index >= 15 is 0 Å². The summed E-state index contributed by atoms with van der Waals surface area (Å²) in [5, 5.41) is 10.9. The molecule has 0 saturated heterocycles. The van der Waals surface area contributed by atoms with Crippen LogP contribution in [-0.4, -0.2) is 49.8 Å². The fourth-order valence-electron chi connectivity index (χ4n) is 2.92. The Morgan fingerprint density at radius 1 is 0.969 bits per heavy atom. The van der Waals surface area contributed by atoms with Crippen LogP contribution in [0.2, 0.25) is 0 Å². The number of nitrogens with zero attached hydrogens (tertiary/aromatic N) is 2. The molecular formula is C23H26N4O5. The summed E-state index contributed by atoms with van der Waals surface area (Å²) >= 11 is 0. The van der Waals surface area contributed by atoms with Gasteiger partial charge in [0.15, 0.2) is 23.0 Å². The van der Waals surface area contributed by atoms with Crippen LogP contribution in [0.1, 0.15) is 29.9 Å². The molecule has 0 bridgehead atoms. The molecule has 0 atom stereocenters. The van der Waals surface area contributed by atoms with Crippen LogP contribution in [0.25, 0.3) is 11.3 Å². The van der Waals surface area contributed by atoms with Gasteiger partial charge in [-0.3, -0.25) is 9.89 Å². The van der Waals surface area contributed by atoms with Crippen molar-refractivity contribution in [2.75, 3.05) is 21.3 Å². The molecular weight excluding hydrogens is 412 g/mol. The maximum atomic E-state index is 12.4. The molecule has 0 aliphatic carbocycles. The molecule has 1 amide bonds. The quantitative estimate of drug-likeness (QED) is 0.390. The molecule has 0 spiro atoms. The lowest BCUT2D eigenvalue weighted by Crippen LogP contribution is -2.18. The highest BCUT2D eigenvalue weighted by molar-refractivity contribution is 5.94. The largest absolute Gasteiger partial charge is 0.493 e. The first-order valence-corrected chi connectivity index (χ1v) is 9.91. The van der Waals surface area contributed by atoms with Crippen LogP contribution in [0.15, 0.2) is 47.6 Å². The minimum absolute atomic E-state index is 0.0231. The minimum Gasteiger partial charge on any atom is -0.493 e. The first-order valence-electron chi connectivity index (χ1n) is 9.91. The molecule has 0 aliphatic heterocycles. The van der Waals surface area contributed by atoms with Crippen molar-refractivity contribution < 1.29 is 23.7 Å². The highest BCUT2D eigenvalue weighted by Crippen LogP contribution is 2.32. The Balaban J connectivity index is 1.69. The monoisotopic (exact) mass is 438 g/mol. The average molecular weight is 438 g/mol. The Kier molecular flexibility index (Phi) is 7.33. The molecule has 2 N–H and O–H groups in total. The number of amides is 1. The molecule has 3 aromatic rings. The van der Waals surface area contributed by atoms with Crippen molar-refractivity contribution >= 4 is 12.1 Å². The number of aromatic amines is 1. The smallest absolute Gasteiger partial charge is 0.289 e. The lowest BCUT2D eigenvalue weighted by molar-refractivity contribution is 0.0950. The molecule has 0 radical (unpaired) electrons. The summed E-state index contributed by atoms with van der Waals surface area (Å²) in [5.74, 6) is 1.99. The summed E-state index contributed by atoms with van der Waals surface area (Å²) in [5.41, 5.74) is 4.85. The second-order valence-corrected chi connectivity index (χ2v) is 7.01. The van der Waals surface area contributed by atoms with Gasteiger partial charge in [-0.15, -0.1) is 0 Å². The molecule has 1 heterocycles. The Labute approximate surface area is 186 Å². The van der Waals surface area contributed by atoms with E-state index in [0.29, 0.717) is 28.7 Å². The maximum absolute atomic E-state index is 12.4. The first kappa shape index (κ1) is 22.7. The van der Waals surface area contributed by atoms with Crippen molar-refractivity contribution in [3.8, 4) is 34.3 Å². The van der Waals surface area contributed by atoms with Crippen LogP contribution in [0.3, 0.4) is 0 Å². The zero-order valence-corrected chi connectivity index (χ0v) is 18.6. The van der Waals surface area contributed by atoms with E-state index in [1.54, 1.807) is 45.6 Å². The standard InChI is InChI=1S/C23H26N4O5/c1-14(2)32-20-9-7-16(11-22(20)31-5)17-12-18(26-25-17)23(28)27-24-13-15-6-8-19(29-3)21(10-15)30-4/h6-14H,1-5H3,(H,25,26)(H,27,28). The number of H-pyrrole nitrogens is 1. The van der Waals surface area contributed by atoms with Crippen molar-refractivity contribution in [3.63, 3.8) is 0 Å². The number of carbonyl (C=O) groups excluding carboxylic acids is 1. The number of benzene rings is 2. The lowest BCUT2D eigenvalue weighted by Gasteiger charge is -2.14. The summed E-state index contributed by atoms with van der Waals surface area (Å²) in [4.78, 5) is 12.4. The van der Waals surface area contributed by atoms with Gasteiger partial charge in [-0.25, -0.2) is 5.43 Å². The normalized spacial score (nSPS) is 10.9. The van der Waals surface area contributed by atoms with Crippen LogP contribution >= 0.6 is 0 Å². The summed E-state index contributed by atoms with van der Waals surface area (Å²) in [6, 6.07) is 12.4.